The predicted molar refractivity (Wildman–Crippen MR) is 107 cm³/mol. The first-order valence-corrected chi connectivity index (χ1v) is 9.84. The highest BCUT2D eigenvalue weighted by atomic mass is 35.5. The van der Waals surface area contributed by atoms with Gasteiger partial charge in [0.05, 0.1) is 30.0 Å². The van der Waals surface area contributed by atoms with E-state index in [-0.39, 0.29) is 22.8 Å². The van der Waals surface area contributed by atoms with Crippen LogP contribution in [-0.2, 0) is 11.3 Å². The molecule has 0 fully saturated rings. The van der Waals surface area contributed by atoms with E-state index in [1.807, 2.05) is 19.2 Å². The zero-order chi connectivity index (χ0) is 20.3. The Hall–Kier alpha value is -2.58. The highest BCUT2D eigenvalue weighted by molar-refractivity contribution is 7.15. The smallest absolute Gasteiger partial charge is 0.338 e. The molecular weight excluding hydrogens is 404 g/mol. The monoisotopic (exact) mass is 422 g/mol. The maximum atomic E-state index is 12.4. The van der Waals surface area contributed by atoms with Gasteiger partial charge >= 0.3 is 5.97 Å². The first-order chi connectivity index (χ1) is 13.4. The maximum Gasteiger partial charge on any atom is 0.338 e. The van der Waals surface area contributed by atoms with Gasteiger partial charge in [0.25, 0.3) is 5.56 Å². The summed E-state index contributed by atoms with van der Waals surface area (Å²) in [6, 6.07) is 4.33. The summed E-state index contributed by atoms with van der Waals surface area (Å²) in [7, 11) is 1.47. The van der Waals surface area contributed by atoms with Crippen molar-refractivity contribution in [2.45, 2.75) is 26.9 Å². The summed E-state index contributed by atoms with van der Waals surface area (Å²) in [5.74, 6) is 0.127. The van der Waals surface area contributed by atoms with Crippen LogP contribution in [0.3, 0.4) is 0 Å². The van der Waals surface area contributed by atoms with Gasteiger partial charge in [-0.15, -0.1) is 11.3 Å². The Balaban J connectivity index is 1.78. The number of hydrogen-bond donors (Lipinski definition) is 0. The molecule has 0 bridgehead atoms. The lowest BCUT2D eigenvalue weighted by atomic mass is 10.2. The first kappa shape index (κ1) is 20.2. The van der Waals surface area contributed by atoms with E-state index in [0.29, 0.717) is 28.8 Å². The zero-order valence-corrected chi connectivity index (χ0v) is 17.2. The third-order valence-electron chi connectivity index (χ3n) is 3.90. The highest BCUT2D eigenvalue weighted by Crippen LogP contribution is 2.36. The molecule has 9 heteroatoms. The van der Waals surface area contributed by atoms with Crippen molar-refractivity contribution < 1.29 is 19.0 Å². The number of aryl methyl sites for hydroxylation is 1. The third kappa shape index (κ3) is 4.13. The number of carbonyl (C=O) groups excluding carboxylic acids is 1. The first-order valence-electron chi connectivity index (χ1n) is 8.58. The maximum absolute atomic E-state index is 12.4. The second kappa shape index (κ2) is 8.62. The molecule has 0 saturated carbocycles. The number of rotatable bonds is 7. The van der Waals surface area contributed by atoms with Crippen LogP contribution >= 0.6 is 22.9 Å². The van der Waals surface area contributed by atoms with Gasteiger partial charge in [-0.2, -0.15) is 0 Å². The van der Waals surface area contributed by atoms with Crippen LogP contribution in [0.15, 0.2) is 28.4 Å². The van der Waals surface area contributed by atoms with Crippen molar-refractivity contribution in [3.05, 3.63) is 55.9 Å². The Labute approximate surface area is 170 Å². The normalized spacial score (nSPS) is 10.9. The SMILES string of the molecule is CCCOc1c(Cl)cc(C(=O)OCc2cc(=O)n3c(C)csc3n2)cc1OC. The average molecular weight is 423 g/mol. The second-order valence-electron chi connectivity index (χ2n) is 5.99. The van der Waals surface area contributed by atoms with Crippen LogP contribution in [-0.4, -0.2) is 29.1 Å². The Kier molecular flexibility index (Phi) is 6.21. The van der Waals surface area contributed by atoms with E-state index in [2.05, 4.69) is 4.98 Å². The number of esters is 1. The quantitative estimate of drug-likeness (QED) is 0.538. The summed E-state index contributed by atoms with van der Waals surface area (Å²) in [6.45, 7) is 4.15. The van der Waals surface area contributed by atoms with Crippen LogP contribution in [0.2, 0.25) is 5.02 Å². The van der Waals surface area contributed by atoms with Crippen LogP contribution in [0, 0.1) is 6.92 Å². The molecule has 3 aromatic rings. The highest BCUT2D eigenvalue weighted by Gasteiger charge is 2.17. The summed E-state index contributed by atoms with van der Waals surface area (Å²) in [6.07, 6.45) is 0.810. The van der Waals surface area contributed by atoms with Crippen molar-refractivity contribution in [1.82, 2.24) is 9.38 Å². The molecule has 3 rings (SSSR count). The van der Waals surface area contributed by atoms with E-state index in [4.69, 9.17) is 25.8 Å². The summed E-state index contributed by atoms with van der Waals surface area (Å²) < 4.78 is 17.7. The van der Waals surface area contributed by atoms with Crippen LogP contribution in [0.5, 0.6) is 11.5 Å². The lowest BCUT2D eigenvalue weighted by molar-refractivity contribution is 0.0467. The van der Waals surface area contributed by atoms with Gasteiger partial charge in [0.2, 0.25) is 0 Å². The number of methoxy groups -OCH3 is 1. The van der Waals surface area contributed by atoms with Gasteiger partial charge in [0, 0.05) is 17.1 Å². The Morgan fingerprint density at radius 2 is 2.11 bits per heavy atom. The lowest BCUT2D eigenvalue weighted by Crippen LogP contribution is -2.16. The number of carbonyl (C=O) groups is 1. The van der Waals surface area contributed by atoms with E-state index in [0.717, 1.165) is 12.1 Å². The summed E-state index contributed by atoms with van der Waals surface area (Å²) in [5, 5.41) is 2.10. The summed E-state index contributed by atoms with van der Waals surface area (Å²) in [5.41, 5.74) is 1.20. The van der Waals surface area contributed by atoms with Gasteiger partial charge in [-0.05, 0) is 25.5 Å². The number of aromatic nitrogens is 2. The molecule has 0 N–H and O–H groups in total. The van der Waals surface area contributed by atoms with Crippen molar-refractivity contribution >= 4 is 33.9 Å². The third-order valence-corrected chi connectivity index (χ3v) is 5.12. The molecular formula is C19H19ClN2O5S. The van der Waals surface area contributed by atoms with Gasteiger partial charge in [-0.3, -0.25) is 9.20 Å². The molecule has 148 valence electrons. The molecule has 0 aliphatic rings. The van der Waals surface area contributed by atoms with E-state index in [9.17, 15) is 9.59 Å². The topological polar surface area (TPSA) is 79.1 Å². The number of fused-ring (bicyclic) bond motifs is 1. The Bertz CT molecular complexity index is 1080. The lowest BCUT2D eigenvalue weighted by Gasteiger charge is -2.13. The van der Waals surface area contributed by atoms with Crippen LogP contribution < -0.4 is 15.0 Å². The fourth-order valence-corrected chi connectivity index (χ4v) is 3.74. The molecule has 0 unspecified atom stereocenters. The van der Waals surface area contributed by atoms with E-state index < -0.39 is 5.97 Å². The number of ether oxygens (including phenoxy) is 3. The van der Waals surface area contributed by atoms with Crippen molar-refractivity contribution in [2.75, 3.05) is 13.7 Å². The van der Waals surface area contributed by atoms with Crippen LogP contribution in [0.25, 0.3) is 4.96 Å². The minimum atomic E-state index is -0.605. The zero-order valence-electron chi connectivity index (χ0n) is 15.7. The standard InChI is InChI=1S/C19H19ClN2O5S/c1-4-5-26-17-14(20)6-12(7-15(17)25-3)18(24)27-9-13-8-16(23)22-11(2)10-28-19(22)21-13/h6-8,10H,4-5,9H2,1-3H3. The van der Waals surface area contributed by atoms with Crippen molar-refractivity contribution in [1.29, 1.82) is 0 Å². The molecule has 7 nitrogen and oxygen atoms in total. The Morgan fingerprint density at radius 3 is 2.82 bits per heavy atom. The minimum absolute atomic E-state index is 0.129. The molecule has 0 radical (unpaired) electrons. The average Bonchev–Trinajstić information content (AvgIpc) is 3.05. The second-order valence-corrected chi connectivity index (χ2v) is 7.24. The van der Waals surface area contributed by atoms with Crippen molar-refractivity contribution in [2.24, 2.45) is 0 Å². The Morgan fingerprint density at radius 1 is 1.32 bits per heavy atom. The van der Waals surface area contributed by atoms with Gasteiger partial charge in [0.1, 0.15) is 6.61 Å². The fourth-order valence-electron chi connectivity index (χ4n) is 2.58. The molecule has 28 heavy (non-hydrogen) atoms. The molecule has 0 saturated heterocycles. The van der Waals surface area contributed by atoms with E-state index in [1.165, 1.54) is 41.0 Å². The van der Waals surface area contributed by atoms with Gasteiger partial charge in [0.15, 0.2) is 16.5 Å². The molecule has 0 atom stereocenters. The van der Waals surface area contributed by atoms with Crippen molar-refractivity contribution in [3.63, 3.8) is 0 Å². The number of halogens is 1. The van der Waals surface area contributed by atoms with E-state index in [1.54, 1.807) is 0 Å². The number of thiazole rings is 1. The van der Waals surface area contributed by atoms with Gasteiger partial charge < -0.3 is 14.2 Å². The van der Waals surface area contributed by atoms with Crippen LogP contribution in [0.1, 0.15) is 35.1 Å². The predicted octanol–water partition coefficient (Wildman–Crippen LogP) is 3.87. The molecule has 0 aliphatic heterocycles. The molecule has 0 spiro atoms. The summed E-state index contributed by atoms with van der Waals surface area (Å²) in [4.78, 5) is 29.5. The van der Waals surface area contributed by atoms with Gasteiger partial charge in [-0.1, -0.05) is 18.5 Å². The van der Waals surface area contributed by atoms with Crippen molar-refractivity contribution in [3.8, 4) is 11.5 Å². The van der Waals surface area contributed by atoms with E-state index >= 15 is 0 Å². The molecule has 2 aromatic heterocycles. The largest absolute Gasteiger partial charge is 0.493 e. The molecule has 0 aliphatic carbocycles. The van der Waals surface area contributed by atoms with Crippen LogP contribution in [0.4, 0.5) is 0 Å². The number of benzene rings is 1. The fraction of sp³-hybridized carbons (Fsp3) is 0.316. The summed E-state index contributed by atoms with van der Waals surface area (Å²) >= 11 is 7.58. The number of nitrogens with zero attached hydrogens (tertiary/aromatic N) is 2. The molecule has 0 amide bonds. The molecule has 1 aromatic carbocycles. The minimum Gasteiger partial charge on any atom is -0.493 e. The van der Waals surface area contributed by atoms with Gasteiger partial charge in [-0.25, -0.2) is 9.78 Å². The number of hydrogen-bond acceptors (Lipinski definition) is 7. The molecule has 2 heterocycles.